The number of rotatable bonds is 13. The zero-order valence-corrected chi connectivity index (χ0v) is 28.5. The number of likely N-dealkylation sites (tertiary alicyclic amines) is 1. The van der Waals surface area contributed by atoms with Crippen molar-refractivity contribution in [2.75, 3.05) is 72.4 Å². The third kappa shape index (κ3) is 7.96. The number of unbranched alkanes of at least 4 members (excludes halogenated alkanes) is 1. The summed E-state index contributed by atoms with van der Waals surface area (Å²) in [5, 5.41) is 10.7. The number of benzene rings is 2. The molecule has 2 fully saturated rings. The van der Waals surface area contributed by atoms with Gasteiger partial charge in [-0.25, -0.2) is 4.79 Å². The van der Waals surface area contributed by atoms with Gasteiger partial charge in [-0.1, -0.05) is 37.6 Å². The van der Waals surface area contributed by atoms with Crippen LogP contribution in [0.2, 0.25) is 0 Å². The molecule has 0 radical (unpaired) electrons. The summed E-state index contributed by atoms with van der Waals surface area (Å²) in [5.74, 6) is -1.67. The van der Waals surface area contributed by atoms with Gasteiger partial charge in [0, 0.05) is 69.3 Å². The van der Waals surface area contributed by atoms with E-state index in [1.807, 2.05) is 40.1 Å². The van der Waals surface area contributed by atoms with Crippen LogP contribution in [-0.4, -0.2) is 122 Å². The third-order valence-electron chi connectivity index (χ3n) is 9.60. The topological polar surface area (TPSA) is 111 Å². The van der Waals surface area contributed by atoms with Gasteiger partial charge in [0.2, 0.25) is 11.8 Å². The lowest BCUT2D eigenvalue weighted by Gasteiger charge is -2.34. The first-order chi connectivity index (χ1) is 22.4. The molecule has 254 valence electrons. The summed E-state index contributed by atoms with van der Waals surface area (Å²) in [6.07, 6.45) is 3.02. The molecule has 11 heteroatoms. The summed E-state index contributed by atoms with van der Waals surface area (Å²) in [4.78, 5) is 59.5. The van der Waals surface area contributed by atoms with Crippen LogP contribution < -0.4 is 9.64 Å². The third-order valence-corrected chi connectivity index (χ3v) is 9.60. The molecule has 2 aromatic rings. The van der Waals surface area contributed by atoms with Crippen molar-refractivity contribution >= 4 is 29.5 Å². The predicted octanol–water partition coefficient (Wildman–Crippen LogP) is 3.80. The van der Waals surface area contributed by atoms with Crippen molar-refractivity contribution in [2.24, 2.45) is 5.92 Å². The van der Waals surface area contributed by atoms with Crippen molar-refractivity contribution in [1.82, 2.24) is 14.7 Å². The van der Waals surface area contributed by atoms with Gasteiger partial charge in [0.25, 0.3) is 0 Å². The van der Waals surface area contributed by atoms with E-state index in [1.165, 1.54) is 9.80 Å². The molecule has 3 atom stereocenters. The van der Waals surface area contributed by atoms with E-state index in [4.69, 9.17) is 4.74 Å². The maximum atomic E-state index is 14.3. The number of hydrogen-bond acceptors (Lipinski definition) is 6. The van der Waals surface area contributed by atoms with Gasteiger partial charge in [0.05, 0.1) is 40.2 Å². The van der Waals surface area contributed by atoms with Crippen LogP contribution in [0.1, 0.15) is 55.2 Å². The number of quaternary nitrogens is 1. The van der Waals surface area contributed by atoms with Crippen LogP contribution >= 0.6 is 0 Å². The Kier molecular flexibility index (Phi) is 10.6. The number of urea groups is 1. The van der Waals surface area contributed by atoms with E-state index >= 15 is 0 Å². The molecule has 3 aliphatic heterocycles. The largest absolute Gasteiger partial charge is 0.493 e. The fourth-order valence-electron chi connectivity index (χ4n) is 7.26. The molecule has 0 spiro atoms. The Balaban J connectivity index is 1.45. The number of carboxylic acid groups (broad SMARTS) is 1. The van der Waals surface area contributed by atoms with Gasteiger partial charge in [-0.2, -0.15) is 0 Å². The van der Waals surface area contributed by atoms with Gasteiger partial charge >= 0.3 is 12.0 Å². The van der Waals surface area contributed by atoms with Crippen LogP contribution in [0.5, 0.6) is 5.75 Å². The molecule has 11 nitrogen and oxygen atoms in total. The molecule has 5 rings (SSSR count). The van der Waals surface area contributed by atoms with Crippen molar-refractivity contribution in [2.45, 2.75) is 57.5 Å². The lowest BCUT2D eigenvalue weighted by molar-refractivity contribution is -0.884. The monoisotopic (exact) mass is 648 g/mol. The second-order valence-electron chi connectivity index (χ2n) is 14.2. The smallest absolute Gasteiger partial charge is 0.326 e. The van der Waals surface area contributed by atoms with E-state index in [1.54, 1.807) is 7.05 Å². The van der Waals surface area contributed by atoms with Gasteiger partial charge in [0.15, 0.2) is 0 Å². The number of nitrogens with zero attached hydrogens (tertiary/aromatic N) is 5. The average molecular weight is 649 g/mol. The summed E-state index contributed by atoms with van der Waals surface area (Å²) in [6.45, 7) is 4.93. The van der Waals surface area contributed by atoms with E-state index in [-0.39, 0.29) is 49.7 Å². The Morgan fingerprint density at radius 1 is 1.09 bits per heavy atom. The van der Waals surface area contributed by atoms with Crippen molar-refractivity contribution in [3.05, 3.63) is 59.2 Å². The first-order valence-electron chi connectivity index (χ1n) is 16.8. The molecular formula is C36H50N5O6+. The van der Waals surface area contributed by atoms with E-state index in [2.05, 4.69) is 40.2 Å². The first-order valence-corrected chi connectivity index (χ1v) is 16.8. The second kappa shape index (κ2) is 14.4. The number of ether oxygens (including phenoxy) is 1. The molecule has 0 bridgehead atoms. The van der Waals surface area contributed by atoms with Crippen LogP contribution in [0.3, 0.4) is 0 Å². The number of imide groups is 1. The number of fused-ring (bicyclic) bond motifs is 1. The van der Waals surface area contributed by atoms with Crippen molar-refractivity contribution in [3.8, 4) is 5.75 Å². The Hall–Kier alpha value is -3.96. The molecule has 3 aliphatic rings. The molecule has 1 N–H and O–H groups in total. The maximum Gasteiger partial charge on any atom is 0.326 e. The Morgan fingerprint density at radius 3 is 2.60 bits per heavy atom. The quantitative estimate of drug-likeness (QED) is 0.329. The highest BCUT2D eigenvalue weighted by Crippen LogP contribution is 2.41. The minimum absolute atomic E-state index is 0.0318. The number of hydrogen-bond donors (Lipinski definition) is 1. The van der Waals surface area contributed by atoms with Crippen LogP contribution in [0.15, 0.2) is 42.5 Å². The van der Waals surface area contributed by atoms with E-state index < -0.39 is 17.9 Å². The van der Waals surface area contributed by atoms with Crippen molar-refractivity contribution in [3.63, 3.8) is 0 Å². The summed E-state index contributed by atoms with van der Waals surface area (Å²) in [7, 11) is 8.06. The highest BCUT2D eigenvalue weighted by Gasteiger charge is 2.48. The molecule has 1 unspecified atom stereocenters. The van der Waals surface area contributed by atoms with E-state index in [0.29, 0.717) is 26.2 Å². The zero-order valence-electron chi connectivity index (χ0n) is 28.5. The molecular weight excluding hydrogens is 598 g/mol. The number of amides is 4. The van der Waals surface area contributed by atoms with Crippen LogP contribution in [0.4, 0.5) is 10.5 Å². The van der Waals surface area contributed by atoms with E-state index in [0.717, 1.165) is 58.4 Å². The summed E-state index contributed by atoms with van der Waals surface area (Å²) in [5.41, 5.74) is 3.94. The molecule has 2 aromatic carbocycles. The number of carboxylic acids is 1. The van der Waals surface area contributed by atoms with Gasteiger partial charge in [0.1, 0.15) is 12.3 Å². The van der Waals surface area contributed by atoms with E-state index in [9.17, 15) is 24.3 Å². The van der Waals surface area contributed by atoms with Gasteiger partial charge in [-0.3, -0.25) is 24.2 Å². The summed E-state index contributed by atoms with van der Waals surface area (Å²) in [6, 6.07) is 13.1. The van der Waals surface area contributed by atoms with Crippen LogP contribution in [0, 0.1) is 5.92 Å². The average Bonchev–Trinajstić information content (AvgIpc) is 3.63. The predicted molar refractivity (Wildman–Crippen MR) is 179 cm³/mol. The molecule has 0 saturated carbocycles. The normalized spacial score (nSPS) is 21.6. The van der Waals surface area contributed by atoms with Crippen molar-refractivity contribution < 1.29 is 33.5 Å². The number of aliphatic carboxylic acids is 1. The highest BCUT2D eigenvalue weighted by atomic mass is 16.5. The standard InChI is InChI=1S/C36H49N5O6/c1-6-7-16-39(28-10-8-9-25(20-28)24-41(3,4)5)33(43)23-38-22-29(26-11-12-31-27(21-26)15-19-47-31)34(35(44)45)30(38)13-18-40-32(42)14-17-37(2)36(40)46/h8-12,20-21,29-30,34H,6-7,13-19,22-24H2,1-5H3/p+1/t29-,30+,34?/m1/s1. The molecule has 2 saturated heterocycles. The molecule has 47 heavy (non-hydrogen) atoms. The van der Waals surface area contributed by atoms with Gasteiger partial charge in [-0.15, -0.1) is 0 Å². The number of carbonyl (C=O) groups excluding carboxylic acids is 3. The lowest BCUT2D eigenvalue weighted by atomic mass is 9.83. The van der Waals surface area contributed by atoms with Crippen LogP contribution in [-0.2, 0) is 27.3 Å². The van der Waals surface area contributed by atoms with Crippen molar-refractivity contribution in [1.29, 1.82) is 0 Å². The van der Waals surface area contributed by atoms with Gasteiger partial charge in [-0.05, 0) is 42.2 Å². The lowest BCUT2D eigenvalue weighted by Crippen LogP contribution is -2.52. The molecule has 0 aliphatic carbocycles. The molecule has 4 amide bonds. The second-order valence-corrected chi connectivity index (χ2v) is 14.2. The number of carbonyl (C=O) groups is 4. The SMILES string of the molecule is CCCCN(C(=O)CN1C[C@H](c2ccc3c(c2)CCO3)C(C(=O)O)[C@@H]1CCN1C(=O)CCN(C)C1=O)c1cccc(C[N+](C)(C)C)c1. The Labute approximate surface area is 278 Å². The molecule has 3 heterocycles. The minimum Gasteiger partial charge on any atom is -0.493 e. The maximum absolute atomic E-state index is 14.3. The van der Waals surface area contributed by atoms with Crippen LogP contribution in [0.25, 0.3) is 0 Å². The number of anilines is 1. The Morgan fingerprint density at radius 2 is 1.87 bits per heavy atom. The Bertz CT molecular complexity index is 1490. The molecule has 0 aromatic heterocycles. The summed E-state index contributed by atoms with van der Waals surface area (Å²) < 4.78 is 6.46. The zero-order chi connectivity index (χ0) is 33.9. The fourth-order valence-corrected chi connectivity index (χ4v) is 7.26. The van der Waals surface area contributed by atoms with Gasteiger partial charge < -0.3 is 24.1 Å². The highest BCUT2D eigenvalue weighted by molar-refractivity contribution is 5.97. The first kappa shape index (κ1) is 34.4. The summed E-state index contributed by atoms with van der Waals surface area (Å²) >= 11 is 0. The fraction of sp³-hybridized carbons (Fsp3) is 0.556. The minimum atomic E-state index is -0.948.